The molecule has 23 heavy (non-hydrogen) atoms. The quantitative estimate of drug-likeness (QED) is 0.531. The Kier molecular flexibility index (Phi) is 2.98. The third-order valence-electron chi connectivity index (χ3n) is 3.77. The molecule has 1 heterocycles. The van der Waals surface area contributed by atoms with Crippen molar-refractivity contribution in [3.8, 4) is 0 Å². The van der Waals surface area contributed by atoms with E-state index in [1.807, 2.05) is 30.3 Å². The van der Waals surface area contributed by atoms with E-state index in [1.54, 1.807) is 18.2 Å². The minimum atomic E-state index is -0.954. The van der Waals surface area contributed by atoms with Crippen LogP contribution in [0, 0.1) is 0 Å². The van der Waals surface area contributed by atoms with Gasteiger partial charge in [-0.15, -0.1) is 0 Å². The van der Waals surface area contributed by atoms with Gasteiger partial charge in [0.05, 0.1) is 16.6 Å². The average molecular weight is 303 g/mol. The van der Waals surface area contributed by atoms with Crippen LogP contribution in [0.1, 0.15) is 10.4 Å². The van der Waals surface area contributed by atoms with Crippen molar-refractivity contribution in [1.29, 1.82) is 0 Å². The molecule has 0 saturated carbocycles. The van der Waals surface area contributed by atoms with Crippen molar-refractivity contribution in [2.24, 2.45) is 0 Å². The van der Waals surface area contributed by atoms with Crippen molar-refractivity contribution in [1.82, 2.24) is 9.97 Å². The Labute approximate surface area is 131 Å². The largest absolute Gasteiger partial charge is 0.478 e. The van der Waals surface area contributed by atoms with Crippen molar-refractivity contribution >= 4 is 39.4 Å². The van der Waals surface area contributed by atoms with Gasteiger partial charge in [0.25, 0.3) is 0 Å². The summed E-state index contributed by atoms with van der Waals surface area (Å²) < 4.78 is 0. The van der Waals surface area contributed by atoms with Crippen molar-refractivity contribution in [2.75, 3.05) is 5.32 Å². The second kappa shape index (κ2) is 5.14. The maximum Gasteiger partial charge on any atom is 0.335 e. The van der Waals surface area contributed by atoms with Gasteiger partial charge in [-0.2, -0.15) is 0 Å². The van der Waals surface area contributed by atoms with E-state index in [9.17, 15) is 4.79 Å². The number of anilines is 2. The Balaban J connectivity index is 1.76. The van der Waals surface area contributed by atoms with Crippen molar-refractivity contribution in [2.45, 2.75) is 0 Å². The Hall–Kier alpha value is -3.34. The minimum absolute atomic E-state index is 0.234. The number of nitrogens with zero attached hydrogens (tertiary/aromatic N) is 1. The molecule has 4 rings (SSSR count). The maximum atomic E-state index is 11.0. The average Bonchev–Trinajstić information content (AvgIpc) is 2.96. The zero-order valence-corrected chi connectivity index (χ0v) is 12.1. The third kappa shape index (κ3) is 2.38. The van der Waals surface area contributed by atoms with Crippen LogP contribution in [-0.2, 0) is 0 Å². The number of aromatic amines is 1. The number of hydrogen-bond acceptors (Lipinski definition) is 3. The van der Waals surface area contributed by atoms with Crippen molar-refractivity contribution in [3.05, 3.63) is 66.2 Å². The molecule has 112 valence electrons. The number of rotatable bonds is 3. The van der Waals surface area contributed by atoms with E-state index in [0.29, 0.717) is 11.5 Å². The summed E-state index contributed by atoms with van der Waals surface area (Å²) in [5, 5.41) is 14.6. The Morgan fingerprint density at radius 2 is 1.87 bits per heavy atom. The fourth-order valence-electron chi connectivity index (χ4n) is 2.66. The maximum absolute atomic E-state index is 11.0. The number of aromatic carboxylic acids is 1. The first kappa shape index (κ1) is 13.3. The van der Waals surface area contributed by atoms with Crippen molar-refractivity contribution in [3.63, 3.8) is 0 Å². The lowest BCUT2D eigenvalue weighted by Crippen LogP contribution is -1.94. The van der Waals surface area contributed by atoms with Gasteiger partial charge in [0.15, 0.2) is 0 Å². The normalized spacial score (nSPS) is 11.0. The number of fused-ring (bicyclic) bond motifs is 2. The highest BCUT2D eigenvalue weighted by molar-refractivity contribution is 5.96. The molecule has 0 spiro atoms. The zero-order valence-electron chi connectivity index (χ0n) is 12.1. The molecule has 0 aliphatic rings. The van der Waals surface area contributed by atoms with Gasteiger partial charge in [-0.1, -0.05) is 36.4 Å². The van der Waals surface area contributed by atoms with E-state index in [4.69, 9.17) is 5.11 Å². The number of carbonyl (C=O) groups is 1. The molecule has 4 aromatic rings. The number of nitrogens with one attached hydrogen (secondary N) is 2. The van der Waals surface area contributed by atoms with Crippen molar-refractivity contribution < 1.29 is 9.90 Å². The van der Waals surface area contributed by atoms with Gasteiger partial charge >= 0.3 is 5.97 Å². The van der Waals surface area contributed by atoms with Crippen LogP contribution in [0.5, 0.6) is 0 Å². The molecule has 3 aromatic carbocycles. The topological polar surface area (TPSA) is 78.0 Å². The number of aromatic nitrogens is 2. The fourth-order valence-corrected chi connectivity index (χ4v) is 2.66. The van der Waals surface area contributed by atoms with E-state index in [0.717, 1.165) is 22.0 Å². The highest BCUT2D eigenvalue weighted by atomic mass is 16.4. The van der Waals surface area contributed by atoms with Gasteiger partial charge in [-0.25, -0.2) is 9.78 Å². The molecule has 0 atom stereocenters. The molecule has 0 unspecified atom stereocenters. The molecule has 3 N–H and O–H groups in total. The van der Waals surface area contributed by atoms with Crippen LogP contribution in [0.2, 0.25) is 0 Å². The molecule has 0 aliphatic heterocycles. The molecule has 0 radical (unpaired) electrons. The summed E-state index contributed by atoms with van der Waals surface area (Å²) in [5.74, 6) is -0.371. The minimum Gasteiger partial charge on any atom is -0.478 e. The summed E-state index contributed by atoms with van der Waals surface area (Å²) in [6, 6.07) is 18.9. The summed E-state index contributed by atoms with van der Waals surface area (Å²) in [7, 11) is 0. The van der Waals surface area contributed by atoms with Crippen LogP contribution < -0.4 is 5.32 Å². The van der Waals surface area contributed by atoms with E-state index in [1.165, 1.54) is 0 Å². The number of benzene rings is 3. The van der Waals surface area contributed by atoms with Gasteiger partial charge in [0, 0.05) is 11.1 Å². The van der Waals surface area contributed by atoms with E-state index < -0.39 is 5.97 Å². The monoisotopic (exact) mass is 303 g/mol. The standard InChI is InChI=1S/C18H13N3O2/c22-17(23)12-8-9-15-16(10-12)21-18(20-15)19-14-7-3-5-11-4-1-2-6-13(11)14/h1-10H,(H,22,23)(H2,19,20,21). The molecule has 1 aromatic heterocycles. The summed E-state index contributed by atoms with van der Waals surface area (Å²) >= 11 is 0. The molecule has 0 saturated heterocycles. The Bertz CT molecular complexity index is 1030. The Morgan fingerprint density at radius 3 is 2.74 bits per heavy atom. The molecule has 0 aliphatic carbocycles. The highest BCUT2D eigenvalue weighted by Gasteiger charge is 2.08. The van der Waals surface area contributed by atoms with Gasteiger partial charge in [0.1, 0.15) is 0 Å². The van der Waals surface area contributed by atoms with Crippen LogP contribution in [-0.4, -0.2) is 21.0 Å². The number of hydrogen-bond donors (Lipinski definition) is 3. The number of carboxylic acid groups (broad SMARTS) is 1. The zero-order chi connectivity index (χ0) is 15.8. The summed E-state index contributed by atoms with van der Waals surface area (Å²) in [6.07, 6.45) is 0. The lowest BCUT2D eigenvalue weighted by molar-refractivity contribution is 0.0697. The van der Waals surface area contributed by atoms with Crippen LogP contribution in [0.3, 0.4) is 0 Å². The number of H-pyrrole nitrogens is 1. The second-order valence-corrected chi connectivity index (χ2v) is 5.27. The van der Waals surface area contributed by atoms with Crippen LogP contribution >= 0.6 is 0 Å². The fraction of sp³-hybridized carbons (Fsp3) is 0. The summed E-state index contributed by atoms with van der Waals surface area (Å²) in [6.45, 7) is 0. The summed E-state index contributed by atoms with van der Waals surface area (Å²) in [5.41, 5.74) is 2.59. The molecule has 0 amide bonds. The molecule has 5 heteroatoms. The first-order valence-electron chi connectivity index (χ1n) is 7.18. The SMILES string of the molecule is O=C(O)c1ccc2nc(Nc3cccc4ccccc34)[nH]c2c1. The molecule has 0 bridgehead atoms. The second-order valence-electron chi connectivity index (χ2n) is 5.27. The molecule has 0 fully saturated rings. The lowest BCUT2D eigenvalue weighted by atomic mass is 10.1. The number of imidazole rings is 1. The first-order valence-corrected chi connectivity index (χ1v) is 7.18. The molecule has 5 nitrogen and oxygen atoms in total. The van der Waals surface area contributed by atoms with Crippen LogP contribution in [0.25, 0.3) is 21.8 Å². The highest BCUT2D eigenvalue weighted by Crippen LogP contribution is 2.26. The predicted molar refractivity (Wildman–Crippen MR) is 90.3 cm³/mol. The van der Waals surface area contributed by atoms with Gasteiger partial charge in [-0.05, 0) is 29.7 Å². The third-order valence-corrected chi connectivity index (χ3v) is 3.77. The molecular weight excluding hydrogens is 290 g/mol. The Morgan fingerprint density at radius 1 is 1.04 bits per heavy atom. The van der Waals surface area contributed by atoms with E-state index in [-0.39, 0.29) is 5.56 Å². The smallest absolute Gasteiger partial charge is 0.335 e. The van der Waals surface area contributed by atoms with Gasteiger partial charge < -0.3 is 15.4 Å². The van der Waals surface area contributed by atoms with Crippen LogP contribution in [0.4, 0.5) is 11.6 Å². The number of carboxylic acids is 1. The van der Waals surface area contributed by atoms with E-state index >= 15 is 0 Å². The predicted octanol–water partition coefficient (Wildman–Crippen LogP) is 4.16. The van der Waals surface area contributed by atoms with Gasteiger partial charge in [0.2, 0.25) is 5.95 Å². The van der Waals surface area contributed by atoms with E-state index in [2.05, 4.69) is 27.4 Å². The first-order chi connectivity index (χ1) is 11.2. The summed E-state index contributed by atoms with van der Waals surface area (Å²) in [4.78, 5) is 18.6. The molecular formula is C18H13N3O2. The lowest BCUT2D eigenvalue weighted by Gasteiger charge is -2.06. The van der Waals surface area contributed by atoms with Gasteiger partial charge in [-0.3, -0.25) is 0 Å². The van der Waals surface area contributed by atoms with Crippen LogP contribution in [0.15, 0.2) is 60.7 Å².